The van der Waals surface area contributed by atoms with Gasteiger partial charge < -0.3 is 5.32 Å². The largest absolute Gasteiger partial charge is 0.312 e. The summed E-state index contributed by atoms with van der Waals surface area (Å²) >= 11 is 0. The van der Waals surface area contributed by atoms with Crippen molar-refractivity contribution in [2.45, 2.75) is 26.9 Å². The minimum absolute atomic E-state index is 0.132. The molecule has 0 fully saturated rings. The molecule has 17 heavy (non-hydrogen) atoms. The minimum atomic E-state index is -2.92. The molecule has 0 saturated carbocycles. The van der Waals surface area contributed by atoms with E-state index in [1.807, 2.05) is 6.20 Å². The molecule has 0 aliphatic heterocycles. The average molecular weight is 259 g/mol. The van der Waals surface area contributed by atoms with Crippen LogP contribution >= 0.6 is 0 Å². The summed E-state index contributed by atoms with van der Waals surface area (Å²) in [7, 11) is -2.92. The highest BCUT2D eigenvalue weighted by atomic mass is 32.2. The molecule has 98 valence electrons. The van der Waals surface area contributed by atoms with Crippen molar-refractivity contribution in [3.63, 3.8) is 0 Å². The molecule has 0 aliphatic carbocycles. The van der Waals surface area contributed by atoms with Gasteiger partial charge in [-0.25, -0.2) is 8.42 Å². The van der Waals surface area contributed by atoms with E-state index in [-0.39, 0.29) is 5.75 Å². The third kappa shape index (κ3) is 6.43. The van der Waals surface area contributed by atoms with Crippen LogP contribution in [0.25, 0.3) is 0 Å². The Morgan fingerprint density at radius 1 is 1.47 bits per heavy atom. The minimum Gasteiger partial charge on any atom is -0.312 e. The number of aromatic nitrogens is 2. The number of aryl methyl sites for hydroxylation is 1. The van der Waals surface area contributed by atoms with Crippen LogP contribution in [0.15, 0.2) is 12.4 Å². The fourth-order valence-electron chi connectivity index (χ4n) is 1.38. The van der Waals surface area contributed by atoms with E-state index in [4.69, 9.17) is 0 Å². The van der Waals surface area contributed by atoms with Gasteiger partial charge in [-0.2, -0.15) is 5.10 Å². The lowest BCUT2D eigenvalue weighted by molar-refractivity contribution is 0.551. The molecule has 6 heteroatoms. The van der Waals surface area contributed by atoms with Gasteiger partial charge in [0.25, 0.3) is 0 Å². The molecule has 0 atom stereocenters. The van der Waals surface area contributed by atoms with Crippen LogP contribution in [0.4, 0.5) is 0 Å². The first-order chi connectivity index (χ1) is 7.87. The average Bonchev–Trinajstić information content (AvgIpc) is 2.61. The van der Waals surface area contributed by atoms with E-state index in [0.29, 0.717) is 12.5 Å². The topological polar surface area (TPSA) is 64.0 Å². The van der Waals surface area contributed by atoms with Gasteiger partial charge in [0.15, 0.2) is 0 Å². The van der Waals surface area contributed by atoms with Crippen LogP contribution in [0, 0.1) is 5.92 Å². The highest BCUT2D eigenvalue weighted by Gasteiger charge is 2.04. The predicted molar refractivity (Wildman–Crippen MR) is 68.5 cm³/mol. The van der Waals surface area contributed by atoms with Crippen molar-refractivity contribution >= 4 is 9.84 Å². The van der Waals surface area contributed by atoms with E-state index < -0.39 is 9.84 Å². The first-order valence-electron chi connectivity index (χ1n) is 5.76. The molecule has 1 rings (SSSR count). The summed E-state index contributed by atoms with van der Waals surface area (Å²) < 4.78 is 23.7. The van der Waals surface area contributed by atoms with Crippen LogP contribution < -0.4 is 5.32 Å². The van der Waals surface area contributed by atoms with Crippen molar-refractivity contribution in [2.75, 3.05) is 18.6 Å². The summed E-state index contributed by atoms with van der Waals surface area (Å²) in [6.07, 6.45) is 4.90. The standard InChI is InChI=1S/C11H21N3O2S/c1-10(2)6-12-7-11-8-13-14(9-11)4-5-17(3,15)16/h8-10,12H,4-7H2,1-3H3. The van der Waals surface area contributed by atoms with Crippen molar-refractivity contribution in [3.8, 4) is 0 Å². The lowest BCUT2D eigenvalue weighted by atomic mass is 10.2. The molecule has 0 radical (unpaired) electrons. The molecule has 0 unspecified atom stereocenters. The fourth-order valence-corrected chi connectivity index (χ4v) is 1.90. The molecule has 0 aliphatic rings. The molecular weight excluding hydrogens is 238 g/mol. The number of nitrogens with zero attached hydrogens (tertiary/aromatic N) is 2. The van der Waals surface area contributed by atoms with Gasteiger partial charge >= 0.3 is 0 Å². The van der Waals surface area contributed by atoms with E-state index in [9.17, 15) is 8.42 Å². The van der Waals surface area contributed by atoms with Crippen LogP contribution in [0.1, 0.15) is 19.4 Å². The van der Waals surface area contributed by atoms with Crippen molar-refractivity contribution in [1.29, 1.82) is 0 Å². The molecule has 0 amide bonds. The monoisotopic (exact) mass is 259 g/mol. The van der Waals surface area contributed by atoms with Crippen LogP contribution in [0.2, 0.25) is 0 Å². The van der Waals surface area contributed by atoms with Crippen molar-refractivity contribution in [3.05, 3.63) is 18.0 Å². The number of nitrogens with one attached hydrogen (secondary N) is 1. The van der Waals surface area contributed by atoms with Crippen LogP contribution in [0.3, 0.4) is 0 Å². The molecule has 0 saturated heterocycles. The first kappa shape index (κ1) is 14.2. The Balaban J connectivity index is 2.37. The Labute approximate surface area is 103 Å². The second kappa shape index (κ2) is 6.16. The molecule has 1 aromatic rings. The van der Waals surface area contributed by atoms with E-state index >= 15 is 0 Å². The Morgan fingerprint density at radius 3 is 2.76 bits per heavy atom. The molecule has 1 aromatic heterocycles. The third-order valence-corrected chi connectivity index (χ3v) is 3.18. The summed E-state index contributed by atoms with van der Waals surface area (Å²) in [6.45, 7) is 6.47. The predicted octanol–water partition coefficient (Wildman–Crippen LogP) is 0.673. The zero-order chi connectivity index (χ0) is 12.9. The van der Waals surface area contributed by atoms with Gasteiger partial charge in [0, 0.05) is 24.6 Å². The highest BCUT2D eigenvalue weighted by molar-refractivity contribution is 7.90. The second-order valence-corrected chi connectivity index (χ2v) is 7.03. The summed E-state index contributed by atoms with van der Waals surface area (Å²) in [6, 6.07) is 0. The van der Waals surface area contributed by atoms with Crippen LogP contribution in [0.5, 0.6) is 0 Å². The maximum absolute atomic E-state index is 11.0. The van der Waals surface area contributed by atoms with Gasteiger partial charge in [0.05, 0.1) is 18.5 Å². The normalized spacial score (nSPS) is 12.2. The van der Waals surface area contributed by atoms with Gasteiger partial charge in [-0.05, 0) is 12.5 Å². The summed E-state index contributed by atoms with van der Waals surface area (Å²) in [5.74, 6) is 0.753. The molecule has 1 heterocycles. The first-order valence-corrected chi connectivity index (χ1v) is 7.82. The smallest absolute Gasteiger partial charge is 0.149 e. The van der Waals surface area contributed by atoms with Gasteiger partial charge in [-0.3, -0.25) is 4.68 Å². The molecule has 0 spiro atoms. The number of sulfone groups is 1. The van der Waals surface area contributed by atoms with Gasteiger partial charge in [0.2, 0.25) is 0 Å². The summed E-state index contributed by atoms with van der Waals surface area (Å²) in [5.41, 5.74) is 1.08. The Bertz CT molecular complexity index is 437. The second-order valence-electron chi connectivity index (χ2n) is 4.77. The van der Waals surface area contributed by atoms with E-state index in [1.54, 1.807) is 10.9 Å². The van der Waals surface area contributed by atoms with Crippen molar-refractivity contribution in [1.82, 2.24) is 15.1 Å². The van der Waals surface area contributed by atoms with E-state index in [0.717, 1.165) is 18.7 Å². The lowest BCUT2D eigenvalue weighted by Crippen LogP contribution is -2.18. The van der Waals surface area contributed by atoms with Crippen LogP contribution in [-0.4, -0.2) is 36.8 Å². The van der Waals surface area contributed by atoms with Gasteiger partial charge in [-0.1, -0.05) is 13.8 Å². The molecule has 1 N–H and O–H groups in total. The maximum atomic E-state index is 11.0. The fraction of sp³-hybridized carbons (Fsp3) is 0.727. The molecule has 0 bridgehead atoms. The van der Waals surface area contributed by atoms with Gasteiger partial charge in [0.1, 0.15) is 9.84 Å². The van der Waals surface area contributed by atoms with Crippen LogP contribution in [-0.2, 0) is 22.9 Å². The van der Waals surface area contributed by atoms with E-state index in [1.165, 1.54) is 6.26 Å². The SMILES string of the molecule is CC(C)CNCc1cnn(CCS(C)(=O)=O)c1. The summed E-state index contributed by atoms with van der Waals surface area (Å²) in [4.78, 5) is 0. The maximum Gasteiger partial charge on any atom is 0.149 e. The Kier molecular flexibility index (Phi) is 5.14. The lowest BCUT2D eigenvalue weighted by Gasteiger charge is -2.05. The van der Waals surface area contributed by atoms with Crippen molar-refractivity contribution in [2.24, 2.45) is 5.92 Å². The van der Waals surface area contributed by atoms with Crippen molar-refractivity contribution < 1.29 is 8.42 Å². The molecular formula is C11H21N3O2S. The van der Waals surface area contributed by atoms with Gasteiger partial charge in [-0.15, -0.1) is 0 Å². The summed E-state index contributed by atoms with van der Waals surface area (Å²) in [5, 5.41) is 7.44. The third-order valence-electron chi connectivity index (χ3n) is 2.26. The zero-order valence-electron chi connectivity index (χ0n) is 10.7. The van der Waals surface area contributed by atoms with E-state index in [2.05, 4.69) is 24.3 Å². The zero-order valence-corrected chi connectivity index (χ0v) is 11.5. The number of hydrogen-bond acceptors (Lipinski definition) is 4. The molecule has 0 aromatic carbocycles. The quantitative estimate of drug-likeness (QED) is 0.782. The number of rotatable bonds is 7. The Hall–Kier alpha value is -0.880. The highest BCUT2D eigenvalue weighted by Crippen LogP contribution is 1.99. The number of hydrogen-bond donors (Lipinski definition) is 1. The molecule has 5 nitrogen and oxygen atoms in total. The Morgan fingerprint density at radius 2 is 2.18 bits per heavy atom.